The van der Waals surface area contributed by atoms with Crippen molar-refractivity contribution in [3.8, 4) is 0 Å². The summed E-state index contributed by atoms with van der Waals surface area (Å²) >= 11 is 11.8. The lowest BCUT2D eigenvalue weighted by Crippen LogP contribution is -2.35. The van der Waals surface area contributed by atoms with Gasteiger partial charge in [0.05, 0.1) is 10.0 Å². The van der Waals surface area contributed by atoms with Crippen LogP contribution in [-0.4, -0.2) is 44.9 Å². The summed E-state index contributed by atoms with van der Waals surface area (Å²) in [6, 6.07) is 4.45. The van der Waals surface area contributed by atoms with Crippen molar-refractivity contribution in [2.24, 2.45) is 5.73 Å². The summed E-state index contributed by atoms with van der Waals surface area (Å²) in [6.45, 7) is 1.11. The van der Waals surface area contributed by atoms with Crippen molar-refractivity contribution in [3.63, 3.8) is 0 Å². The molecule has 1 atom stereocenters. The Morgan fingerprint density at radius 2 is 1.96 bits per heavy atom. The van der Waals surface area contributed by atoms with Crippen LogP contribution in [0.2, 0.25) is 10.0 Å². The molecule has 3 N–H and O–H groups in total. The number of carbonyl (C=O) groups excluding carboxylic acids is 1. The van der Waals surface area contributed by atoms with Crippen LogP contribution in [0.3, 0.4) is 0 Å². The quantitative estimate of drug-likeness (QED) is 0.783. The molecule has 1 aliphatic heterocycles. The van der Waals surface area contributed by atoms with Crippen LogP contribution in [0.1, 0.15) is 12.8 Å². The summed E-state index contributed by atoms with van der Waals surface area (Å²) in [7, 11) is -3.86. The molecule has 1 heterocycles. The van der Waals surface area contributed by atoms with Gasteiger partial charge in [-0.15, -0.1) is 12.4 Å². The summed E-state index contributed by atoms with van der Waals surface area (Å²) in [5, 5.41) is 0.0775. The first kappa shape index (κ1) is 20.5. The normalized spacial score (nSPS) is 17.9. The van der Waals surface area contributed by atoms with Gasteiger partial charge in [-0.1, -0.05) is 29.3 Å². The number of nitrogens with one attached hydrogen (secondary N) is 1. The van der Waals surface area contributed by atoms with E-state index in [1.165, 1.54) is 12.1 Å². The predicted molar refractivity (Wildman–Crippen MR) is 92.7 cm³/mol. The van der Waals surface area contributed by atoms with Crippen LogP contribution in [0.5, 0.6) is 0 Å². The van der Waals surface area contributed by atoms with Crippen LogP contribution in [0.15, 0.2) is 23.1 Å². The topological polar surface area (TPSA) is 92.5 Å². The molecule has 6 nitrogen and oxygen atoms in total. The van der Waals surface area contributed by atoms with E-state index in [1.54, 1.807) is 11.0 Å². The van der Waals surface area contributed by atoms with E-state index in [-0.39, 0.29) is 52.3 Å². The van der Waals surface area contributed by atoms with Crippen LogP contribution in [-0.2, 0) is 14.8 Å². The van der Waals surface area contributed by atoms with Crippen LogP contribution >= 0.6 is 35.6 Å². The second kappa shape index (κ2) is 8.50. The Morgan fingerprint density at radius 1 is 1.35 bits per heavy atom. The summed E-state index contributed by atoms with van der Waals surface area (Å²) < 4.78 is 26.8. The average Bonchev–Trinajstić information content (AvgIpc) is 2.84. The molecule has 1 aliphatic rings. The number of hydrogen-bond donors (Lipinski definition) is 2. The number of rotatable bonds is 5. The number of nitrogens with zero attached hydrogens (tertiary/aromatic N) is 1. The van der Waals surface area contributed by atoms with Gasteiger partial charge in [0, 0.05) is 32.1 Å². The van der Waals surface area contributed by atoms with Gasteiger partial charge in [0.1, 0.15) is 4.90 Å². The Bertz CT molecular complexity index is 649. The monoisotopic (exact) mass is 401 g/mol. The summed E-state index contributed by atoms with van der Waals surface area (Å²) in [5.41, 5.74) is 5.74. The number of hydrogen-bond acceptors (Lipinski definition) is 4. The van der Waals surface area contributed by atoms with Gasteiger partial charge in [-0.25, -0.2) is 13.1 Å². The zero-order valence-electron chi connectivity index (χ0n) is 12.2. The van der Waals surface area contributed by atoms with E-state index in [1.807, 2.05) is 0 Å². The van der Waals surface area contributed by atoms with Crippen molar-refractivity contribution >= 4 is 51.5 Å². The highest BCUT2D eigenvalue weighted by molar-refractivity contribution is 7.89. The lowest BCUT2D eigenvalue weighted by atomic mass is 10.3. The highest BCUT2D eigenvalue weighted by Crippen LogP contribution is 2.28. The third-order valence-corrected chi connectivity index (χ3v) is 5.81. The number of carbonyl (C=O) groups is 1. The van der Waals surface area contributed by atoms with Gasteiger partial charge in [0.25, 0.3) is 0 Å². The molecule has 1 aromatic rings. The maximum Gasteiger partial charge on any atom is 0.243 e. The predicted octanol–water partition coefficient (Wildman–Crippen LogP) is 1.64. The average molecular weight is 403 g/mol. The van der Waals surface area contributed by atoms with Crippen molar-refractivity contribution < 1.29 is 13.2 Å². The smallest absolute Gasteiger partial charge is 0.243 e. The van der Waals surface area contributed by atoms with Crippen molar-refractivity contribution in [1.29, 1.82) is 0 Å². The van der Waals surface area contributed by atoms with Gasteiger partial charge < -0.3 is 10.6 Å². The Kier molecular flexibility index (Phi) is 7.57. The van der Waals surface area contributed by atoms with E-state index in [0.717, 1.165) is 6.42 Å². The van der Waals surface area contributed by atoms with E-state index in [0.29, 0.717) is 13.1 Å². The first-order chi connectivity index (χ1) is 10.3. The van der Waals surface area contributed by atoms with Crippen molar-refractivity contribution in [3.05, 3.63) is 28.2 Å². The van der Waals surface area contributed by atoms with Crippen molar-refractivity contribution in [2.45, 2.75) is 23.8 Å². The fourth-order valence-electron chi connectivity index (χ4n) is 2.28. The first-order valence-corrected chi connectivity index (χ1v) is 9.02. The SMILES string of the molecule is Cl.N[C@@H]1CCN(C(=O)CCNS(=O)(=O)c2c(Cl)cccc2Cl)C1. The van der Waals surface area contributed by atoms with Crippen LogP contribution in [0, 0.1) is 0 Å². The summed E-state index contributed by atoms with van der Waals surface area (Å²) in [5.74, 6) is -0.124. The Morgan fingerprint density at radius 3 is 2.48 bits per heavy atom. The maximum atomic E-state index is 12.2. The molecule has 2 rings (SSSR count). The maximum absolute atomic E-state index is 12.2. The van der Waals surface area contributed by atoms with Gasteiger partial charge >= 0.3 is 0 Å². The molecule has 1 saturated heterocycles. The number of sulfonamides is 1. The van der Waals surface area contributed by atoms with Gasteiger partial charge in [-0.3, -0.25) is 4.79 Å². The Balaban J connectivity index is 0.00000264. The molecular formula is C13H18Cl3N3O3S. The lowest BCUT2D eigenvalue weighted by Gasteiger charge is -2.16. The van der Waals surface area contributed by atoms with E-state index in [4.69, 9.17) is 28.9 Å². The second-order valence-electron chi connectivity index (χ2n) is 5.09. The first-order valence-electron chi connectivity index (χ1n) is 6.78. The van der Waals surface area contributed by atoms with E-state index in [9.17, 15) is 13.2 Å². The molecule has 1 amide bonds. The molecule has 0 radical (unpaired) electrons. The fraction of sp³-hybridized carbons (Fsp3) is 0.462. The van der Waals surface area contributed by atoms with E-state index < -0.39 is 10.0 Å². The van der Waals surface area contributed by atoms with E-state index in [2.05, 4.69) is 4.72 Å². The molecule has 1 aromatic carbocycles. The second-order valence-corrected chi connectivity index (χ2v) is 7.61. The molecule has 0 spiro atoms. The number of amides is 1. The Hall–Kier alpha value is -0.570. The third kappa shape index (κ3) is 5.20. The number of likely N-dealkylation sites (tertiary alicyclic amines) is 1. The minimum absolute atomic E-state index is 0. The molecule has 0 aromatic heterocycles. The minimum atomic E-state index is -3.86. The largest absolute Gasteiger partial charge is 0.341 e. The number of benzene rings is 1. The standard InChI is InChI=1S/C13H17Cl2N3O3S.ClH/c14-10-2-1-3-11(15)13(10)22(20,21)17-6-4-12(19)18-7-5-9(16)8-18;/h1-3,9,17H,4-8,16H2;1H/t9-;/m1./s1. The molecule has 0 saturated carbocycles. The van der Waals surface area contributed by atoms with Crippen LogP contribution in [0.25, 0.3) is 0 Å². The minimum Gasteiger partial charge on any atom is -0.341 e. The molecule has 10 heteroatoms. The van der Waals surface area contributed by atoms with Gasteiger partial charge in [0.15, 0.2) is 0 Å². The number of nitrogens with two attached hydrogens (primary N) is 1. The molecule has 23 heavy (non-hydrogen) atoms. The van der Waals surface area contributed by atoms with Gasteiger partial charge in [0.2, 0.25) is 15.9 Å². The molecule has 0 aliphatic carbocycles. The third-order valence-electron chi connectivity index (χ3n) is 3.40. The summed E-state index contributed by atoms with van der Waals surface area (Å²) in [6.07, 6.45) is 0.834. The highest BCUT2D eigenvalue weighted by atomic mass is 35.5. The van der Waals surface area contributed by atoms with Crippen molar-refractivity contribution in [2.75, 3.05) is 19.6 Å². The van der Waals surface area contributed by atoms with Crippen LogP contribution in [0.4, 0.5) is 0 Å². The van der Waals surface area contributed by atoms with Gasteiger partial charge in [-0.2, -0.15) is 0 Å². The molecular weight excluding hydrogens is 385 g/mol. The van der Waals surface area contributed by atoms with Crippen LogP contribution < -0.4 is 10.5 Å². The lowest BCUT2D eigenvalue weighted by molar-refractivity contribution is -0.129. The molecule has 0 unspecified atom stereocenters. The van der Waals surface area contributed by atoms with Crippen molar-refractivity contribution in [1.82, 2.24) is 9.62 Å². The van der Waals surface area contributed by atoms with Gasteiger partial charge in [-0.05, 0) is 18.6 Å². The fourth-order valence-corrected chi connectivity index (χ4v) is 4.45. The number of halogens is 3. The zero-order valence-corrected chi connectivity index (χ0v) is 15.3. The Labute approximate surface area is 151 Å². The zero-order chi connectivity index (χ0) is 16.3. The molecule has 0 bridgehead atoms. The van der Waals surface area contributed by atoms with E-state index >= 15 is 0 Å². The molecule has 130 valence electrons. The highest BCUT2D eigenvalue weighted by Gasteiger charge is 2.25. The summed E-state index contributed by atoms with van der Waals surface area (Å²) in [4.78, 5) is 13.4. The molecule has 1 fully saturated rings.